The van der Waals surface area contributed by atoms with Gasteiger partial charge >= 0.3 is 0 Å². The number of sulfone groups is 1. The molecule has 0 saturated heterocycles. The number of halogens is 2. The first kappa shape index (κ1) is 15.1. The molecule has 0 aliphatic heterocycles. The van der Waals surface area contributed by atoms with E-state index < -0.39 is 15.9 Å². The van der Waals surface area contributed by atoms with E-state index in [1.165, 1.54) is 6.26 Å². The van der Waals surface area contributed by atoms with Gasteiger partial charge in [-0.05, 0) is 36.6 Å². The van der Waals surface area contributed by atoms with Crippen LogP contribution in [0.25, 0.3) is 0 Å². The number of benzene rings is 1. The number of aliphatic hydroxyl groups is 1. The summed E-state index contributed by atoms with van der Waals surface area (Å²) >= 11 is 6.69. The summed E-state index contributed by atoms with van der Waals surface area (Å²) in [5, 5.41) is 9.93. The second-order valence-electron chi connectivity index (χ2n) is 3.99. The van der Waals surface area contributed by atoms with Gasteiger partial charge in [0.15, 0.2) is 0 Å². The van der Waals surface area contributed by atoms with Gasteiger partial charge in [-0.25, -0.2) is 8.42 Å². The smallest absolute Gasteiger partial charge is 0.147 e. The number of hydrogen-bond donors (Lipinski definition) is 1. The third-order valence-electron chi connectivity index (χ3n) is 2.26. The molecular weight excluding hydrogens is 372 g/mol. The van der Waals surface area contributed by atoms with Crippen molar-refractivity contribution < 1.29 is 13.5 Å². The van der Waals surface area contributed by atoms with Crippen molar-refractivity contribution >= 4 is 41.7 Å². The highest BCUT2D eigenvalue weighted by molar-refractivity contribution is 9.11. The molecule has 1 atom stereocenters. The topological polar surface area (TPSA) is 54.4 Å². The molecule has 1 N–H and O–H groups in total. The highest BCUT2D eigenvalue weighted by Crippen LogP contribution is 2.26. The van der Waals surface area contributed by atoms with E-state index in [2.05, 4.69) is 31.9 Å². The lowest BCUT2D eigenvalue weighted by Crippen LogP contribution is -2.05. The highest BCUT2D eigenvalue weighted by Gasteiger charge is 2.11. The average Bonchev–Trinajstić information content (AvgIpc) is 2.13. The van der Waals surface area contributed by atoms with Crippen LogP contribution in [0, 0.1) is 0 Å². The van der Waals surface area contributed by atoms with E-state index >= 15 is 0 Å². The maximum absolute atomic E-state index is 11.0. The Bertz CT molecular complexity index is 465. The van der Waals surface area contributed by atoms with Crippen LogP contribution in [-0.4, -0.2) is 25.5 Å². The zero-order chi connectivity index (χ0) is 13.1. The first-order valence-corrected chi connectivity index (χ1v) is 8.74. The van der Waals surface area contributed by atoms with Crippen LogP contribution < -0.4 is 0 Å². The zero-order valence-corrected chi connectivity index (χ0v) is 13.3. The number of rotatable bonds is 5. The normalized spacial score (nSPS) is 13.6. The first-order valence-electron chi connectivity index (χ1n) is 5.10. The van der Waals surface area contributed by atoms with Crippen molar-refractivity contribution in [2.75, 3.05) is 12.0 Å². The minimum atomic E-state index is -2.95. The molecule has 0 heterocycles. The standard InChI is InChI=1S/C11H14Br2O3S/c1-17(15,16)4-2-3-11(14)8-5-9(12)7-10(13)6-8/h5-7,11,14H,2-4H2,1H3. The highest BCUT2D eigenvalue weighted by atomic mass is 79.9. The van der Waals surface area contributed by atoms with E-state index in [1.54, 1.807) is 0 Å². The third kappa shape index (κ3) is 5.99. The van der Waals surface area contributed by atoms with Gasteiger partial charge in [-0.1, -0.05) is 31.9 Å². The molecule has 1 rings (SSSR count). The van der Waals surface area contributed by atoms with Crippen molar-refractivity contribution in [3.63, 3.8) is 0 Å². The van der Waals surface area contributed by atoms with Crippen LogP contribution in [0.15, 0.2) is 27.1 Å². The van der Waals surface area contributed by atoms with Gasteiger partial charge in [0.05, 0.1) is 6.10 Å². The van der Waals surface area contributed by atoms with Crippen LogP contribution in [-0.2, 0) is 9.84 Å². The number of aliphatic hydroxyl groups excluding tert-OH is 1. The maximum Gasteiger partial charge on any atom is 0.147 e. The van der Waals surface area contributed by atoms with Gasteiger partial charge in [-0.2, -0.15) is 0 Å². The predicted octanol–water partition coefficient (Wildman–Crippen LogP) is 3.07. The van der Waals surface area contributed by atoms with Crippen molar-refractivity contribution in [2.24, 2.45) is 0 Å². The Labute approximate surface area is 118 Å². The Kier molecular flexibility index (Phi) is 5.63. The Morgan fingerprint density at radius 2 is 1.76 bits per heavy atom. The minimum absolute atomic E-state index is 0.110. The van der Waals surface area contributed by atoms with Crippen molar-refractivity contribution in [1.82, 2.24) is 0 Å². The van der Waals surface area contributed by atoms with Crippen LogP contribution >= 0.6 is 31.9 Å². The van der Waals surface area contributed by atoms with Gasteiger partial charge in [-0.3, -0.25) is 0 Å². The Morgan fingerprint density at radius 1 is 1.24 bits per heavy atom. The fourth-order valence-corrected chi connectivity index (χ4v) is 3.49. The molecule has 17 heavy (non-hydrogen) atoms. The summed E-state index contributed by atoms with van der Waals surface area (Å²) in [7, 11) is -2.95. The summed E-state index contributed by atoms with van der Waals surface area (Å²) < 4.78 is 23.7. The van der Waals surface area contributed by atoms with Crippen LogP contribution in [0.3, 0.4) is 0 Å². The molecule has 0 fully saturated rings. The maximum atomic E-state index is 11.0. The van der Waals surface area contributed by atoms with Gasteiger partial charge in [0, 0.05) is 21.0 Å². The Morgan fingerprint density at radius 3 is 2.24 bits per heavy atom. The summed E-state index contributed by atoms with van der Waals surface area (Å²) in [6, 6.07) is 5.54. The van der Waals surface area contributed by atoms with Crippen LogP contribution in [0.1, 0.15) is 24.5 Å². The number of hydrogen-bond acceptors (Lipinski definition) is 3. The summed E-state index contributed by atoms with van der Waals surface area (Å²) in [6.45, 7) is 0. The Hall–Kier alpha value is 0.0900. The van der Waals surface area contributed by atoms with Gasteiger partial charge < -0.3 is 5.11 Å². The molecular formula is C11H14Br2O3S. The molecule has 3 nitrogen and oxygen atoms in total. The van der Waals surface area contributed by atoms with Gasteiger partial charge in [0.2, 0.25) is 0 Å². The van der Waals surface area contributed by atoms with Crippen molar-refractivity contribution in [1.29, 1.82) is 0 Å². The molecule has 6 heteroatoms. The quantitative estimate of drug-likeness (QED) is 0.847. The molecule has 0 aliphatic carbocycles. The molecule has 1 aromatic carbocycles. The van der Waals surface area contributed by atoms with Crippen LogP contribution in [0.4, 0.5) is 0 Å². The van der Waals surface area contributed by atoms with E-state index in [4.69, 9.17) is 0 Å². The molecule has 0 radical (unpaired) electrons. The molecule has 1 aromatic rings. The minimum Gasteiger partial charge on any atom is -0.388 e. The monoisotopic (exact) mass is 384 g/mol. The fourth-order valence-electron chi connectivity index (χ4n) is 1.47. The summed E-state index contributed by atoms with van der Waals surface area (Å²) in [5.74, 6) is 0.110. The van der Waals surface area contributed by atoms with Crippen molar-refractivity contribution in [3.05, 3.63) is 32.7 Å². The largest absolute Gasteiger partial charge is 0.388 e. The second kappa shape index (κ2) is 6.31. The van der Waals surface area contributed by atoms with E-state index in [9.17, 15) is 13.5 Å². The van der Waals surface area contributed by atoms with Crippen LogP contribution in [0.2, 0.25) is 0 Å². The Balaban J connectivity index is 2.61. The van der Waals surface area contributed by atoms with E-state index in [-0.39, 0.29) is 5.75 Å². The summed E-state index contributed by atoms with van der Waals surface area (Å²) in [4.78, 5) is 0. The lowest BCUT2D eigenvalue weighted by molar-refractivity contribution is 0.166. The summed E-state index contributed by atoms with van der Waals surface area (Å²) in [6.07, 6.45) is 1.47. The van der Waals surface area contributed by atoms with Crippen molar-refractivity contribution in [3.8, 4) is 0 Å². The first-order chi connectivity index (χ1) is 7.78. The molecule has 96 valence electrons. The molecule has 0 amide bonds. The van der Waals surface area contributed by atoms with E-state index in [0.29, 0.717) is 12.8 Å². The fraction of sp³-hybridized carbons (Fsp3) is 0.455. The van der Waals surface area contributed by atoms with Gasteiger partial charge in [0.1, 0.15) is 9.84 Å². The predicted molar refractivity (Wildman–Crippen MR) is 75.7 cm³/mol. The van der Waals surface area contributed by atoms with Crippen molar-refractivity contribution in [2.45, 2.75) is 18.9 Å². The molecule has 0 aromatic heterocycles. The second-order valence-corrected chi connectivity index (χ2v) is 8.08. The van der Waals surface area contributed by atoms with Crippen LogP contribution in [0.5, 0.6) is 0 Å². The lowest BCUT2D eigenvalue weighted by Gasteiger charge is -2.11. The van der Waals surface area contributed by atoms with Gasteiger partial charge in [0.25, 0.3) is 0 Å². The molecule has 0 spiro atoms. The molecule has 0 saturated carbocycles. The zero-order valence-electron chi connectivity index (χ0n) is 9.36. The average molecular weight is 386 g/mol. The van der Waals surface area contributed by atoms with Gasteiger partial charge in [-0.15, -0.1) is 0 Å². The third-order valence-corrected chi connectivity index (χ3v) is 4.21. The van der Waals surface area contributed by atoms with E-state index in [1.807, 2.05) is 18.2 Å². The SMILES string of the molecule is CS(=O)(=O)CCCC(O)c1cc(Br)cc(Br)c1. The molecule has 0 bridgehead atoms. The summed E-state index contributed by atoms with van der Waals surface area (Å²) in [5.41, 5.74) is 0.778. The molecule has 0 aliphatic rings. The molecule has 1 unspecified atom stereocenters. The lowest BCUT2D eigenvalue weighted by atomic mass is 10.1. The van der Waals surface area contributed by atoms with E-state index in [0.717, 1.165) is 14.5 Å².